The molecule has 1 aliphatic heterocycles. The molecule has 1 saturated carbocycles. The first-order valence-electron chi connectivity index (χ1n) is 6.36. The second-order valence-electron chi connectivity index (χ2n) is 4.96. The fourth-order valence-electron chi connectivity index (χ4n) is 2.26. The van der Waals surface area contributed by atoms with Crippen molar-refractivity contribution in [3.05, 3.63) is 12.1 Å². The van der Waals surface area contributed by atoms with Crippen LogP contribution in [0.5, 0.6) is 0 Å². The van der Waals surface area contributed by atoms with E-state index >= 15 is 0 Å². The van der Waals surface area contributed by atoms with Gasteiger partial charge in [-0.05, 0) is 25.8 Å². The van der Waals surface area contributed by atoms with Crippen LogP contribution in [0.25, 0.3) is 11.5 Å². The van der Waals surface area contributed by atoms with Crippen LogP contribution < -0.4 is 5.32 Å². The molecule has 2 fully saturated rings. The minimum absolute atomic E-state index is 0.390. The van der Waals surface area contributed by atoms with E-state index in [0.717, 1.165) is 38.2 Å². The van der Waals surface area contributed by atoms with E-state index in [1.54, 1.807) is 0 Å². The average molecular weight is 246 g/mol. The zero-order valence-corrected chi connectivity index (χ0v) is 9.91. The topological polar surface area (TPSA) is 81.7 Å². The summed E-state index contributed by atoms with van der Waals surface area (Å²) < 4.78 is 7.12. The SMILES string of the molecule is c1c(-c2noc(C3CC3)n2)nnn1C1CCNC1. The number of nitrogens with zero attached hydrogens (tertiary/aromatic N) is 5. The van der Waals surface area contributed by atoms with Gasteiger partial charge in [-0.3, -0.25) is 0 Å². The molecule has 94 valence electrons. The third kappa shape index (κ3) is 1.71. The van der Waals surface area contributed by atoms with Gasteiger partial charge < -0.3 is 9.84 Å². The van der Waals surface area contributed by atoms with Gasteiger partial charge in [0.2, 0.25) is 11.7 Å². The van der Waals surface area contributed by atoms with Gasteiger partial charge >= 0.3 is 0 Å². The van der Waals surface area contributed by atoms with E-state index < -0.39 is 0 Å². The maximum absolute atomic E-state index is 5.23. The highest BCUT2D eigenvalue weighted by Crippen LogP contribution is 2.39. The molecule has 1 atom stereocenters. The Labute approximate surface area is 104 Å². The molecule has 0 spiro atoms. The fourth-order valence-corrected chi connectivity index (χ4v) is 2.26. The molecule has 1 saturated heterocycles. The average Bonchev–Trinajstić information content (AvgIpc) is 2.91. The maximum Gasteiger partial charge on any atom is 0.230 e. The van der Waals surface area contributed by atoms with Crippen LogP contribution >= 0.6 is 0 Å². The monoisotopic (exact) mass is 246 g/mol. The minimum atomic E-state index is 0.390. The van der Waals surface area contributed by atoms with Gasteiger partial charge in [0.25, 0.3) is 0 Å². The molecule has 0 aromatic carbocycles. The molecular weight excluding hydrogens is 232 g/mol. The first-order chi connectivity index (χ1) is 8.90. The summed E-state index contributed by atoms with van der Waals surface area (Å²) in [4.78, 5) is 4.37. The van der Waals surface area contributed by atoms with Gasteiger partial charge in [-0.2, -0.15) is 4.98 Å². The Hall–Kier alpha value is -1.76. The Morgan fingerprint density at radius 1 is 1.33 bits per heavy atom. The molecule has 1 N–H and O–H groups in total. The summed E-state index contributed by atoms with van der Waals surface area (Å²) in [6, 6.07) is 0.390. The van der Waals surface area contributed by atoms with Crippen LogP contribution in [-0.4, -0.2) is 38.2 Å². The number of aromatic nitrogens is 5. The highest BCUT2D eigenvalue weighted by Gasteiger charge is 2.30. The van der Waals surface area contributed by atoms with Crippen molar-refractivity contribution < 1.29 is 4.52 Å². The van der Waals surface area contributed by atoms with Crippen LogP contribution in [0.2, 0.25) is 0 Å². The third-order valence-electron chi connectivity index (χ3n) is 3.52. The summed E-state index contributed by atoms with van der Waals surface area (Å²) in [6.45, 7) is 1.98. The van der Waals surface area contributed by atoms with Crippen molar-refractivity contribution >= 4 is 0 Å². The molecule has 7 nitrogen and oxygen atoms in total. The maximum atomic E-state index is 5.23. The van der Waals surface area contributed by atoms with Gasteiger partial charge in [0.05, 0.1) is 12.2 Å². The van der Waals surface area contributed by atoms with E-state index in [-0.39, 0.29) is 0 Å². The number of rotatable bonds is 3. The lowest BCUT2D eigenvalue weighted by Gasteiger charge is -2.05. The third-order valence-corrected chi connectivity index (χ3v) is 3.52. The van der Waals surface area contributed by atoms with E-state index in [4.69, 9.17) is 4.52 Å². The summed E-state index contributed by atoms with van der Waals surface area (Å²) in [5, 5.41) is 15.6. The molecule has 3 heterocycles. The standard InChI is InChI=1S/C11H14N6O/c1-2-7(1)11-13-10(15-18-11)9-6-17(16-14-9)8-3-4-12-5-8/h6-8,12H,1-5H2. The molecular formula is C11H14N6O. The van der Waals surface area contributed by atoms with Gasteiger partial charge in [0.1, 0.15) is 0 Å². The van der Waals surface area contributed by atoms with Crippen molar-refractivity contribution in [1.29, 1.82) is 0 Å². The summed E-state index contributed by atoms with van der Waals surface area (Å²) >= 11 is 0. The highest BCUT2D eigenvalue weighted by molar-refractivity contribution is 5.45. The van der Waals surface area contributed by atoms with E-state index in [2.05, 4.69) is 25.8 Å². The summed E-state index contributed by atoms with van der Waals surface area (Å²) in [5.41, 5.74) is 0.692. The predicted octanol–water partition coefficient (Wildman–Crippen LogP) is 0.740. The van der Waals surface area contributed by atoms with Crippen molar-refractivity contribution in [2.45, 2.75) is 31.2 Å². The van der Waals surface area contributed by atoms with Crippen molar-refractivity contribution in [3.63, 3.8) is 0 Å². The molecule has 0 amide bonds. The van der Waals surface area contributed by atoms with Gasteiger partial charge in [0.15, 0.2) is 5.69 Å². The molecule has 0 bridgehead atoms. The Bertz CT molecular complexity index is 551. The normalized spacial score (nSPS) is 23.7. The first kappa shape index (κ1) is 10.2. The summed E-state index contributed by atoms with van der Waals surface area (Å²) in [6.07, 6.45) is 5.30. The second kappa shape index (κ2) is 3.88. The summed E-state index contributed by atoms with van der Waals surface area (Å²) in [7, 11) is 0. The lowest BCUT2D eigenvalue weighted by molar-refractivity contribution is 0.380. The Morgan fingerprint density at radius 2 is 2.28 bits per heavy atom. The van der Waals surface area contributed by atoms with E-state index in [0.29, 0.717) is 23.5 Å². The lowest BCUT2D eigenvalue weighted by Crippen LogP contribution is -2.13. The molecule has 2 aliphatic rings. The number of hydrogen-bond donors (Lipinski definition) is 1. The van der Waals surface area contributed by atoms with Crippen molar-refractivity contribution in [1.82, 2.24) is 30.5 Å². The van der Waals surface area contributed by atoms with Gasteiger partial charge in [-0.1, -0.05) is 10.4 Å². The van der Waals surface area contributed by atoms with Crippen LogP contribution in [0.15, 0.2) is 10.7 Å². The van der Waals surface area contributed by atoms with Gasteiger partial charge in [-0.15, -0.1) is 5.10 Å². The van der Waals surface area contributed by atoms with Crippen LogP contribution in [0.1, 0.15) is 37.1 Å². The quantitative estimate of drug-likeness (QED) is 0.860. The van der Waals surface area contributed by atoms with E-state index in [1.807, 2.05) is 10.9 Å². The van der Waals surface area contributed by atoms with Crippen LogP contribution in [0.4, 0.5) is 0 Å². The predicted molar refractivity (Wildman–Crippen MR) is 61.8 cm³/mol. The highest BCUT2D eigenvalue weighted by atomic mass is 16.5. The smallest absolute Gasteiger partial charge is 0.230 e. The molecule has 7 heteroatoms. The molecule has 4 rings (SSSR count). The zero-order valence-electron chi connectivity index (χ0n) is 9.91. The fraction of sp³-hybridized carbons (Fsp3) is 0.636. The number of hydrogen-bond acceptors (Lipinski definition) is 6. The molecule has 0 radical (unpaired) electrons. The lowest BCUT2D eigenvalue weighted by atomic mass is 10.3. The molecule has 18 heavy (non-hydrogen) atoms. The van der Waals surface area contributed by atoms with Crippen molar-refractivity contribution in [3.8, 4) is 11.5 Å². The largest absolute Gasteiger partial charge is 0.339 e. The molecule has 1 unspecified atom stereocenters. The Balaban J connectivity index is 1.59. The van der Waals surface area contributed by atoms with Gasteiger partial charge in [0, 0.05) is 12.5 Å². The minimum Gasteiger partial charge on any atom is -0.339 e. The van der Waals surface area contributed by atoms with E-state index in [1.165, 1.54) is 0 Å². The second-order valence-corrected chi connectivity index (χ2v) is 4.96. The van der Waals surface area contributed by atoms with E-state index in [9.17, 15) is 0 Å². The van der Waals surface area contributed by atoms with Crippen molar-refractivity contribution in [2.75, 3.05) is 13.1 Å². The van der Waals surface area contributed by atoms with Crippen molar-refractivity contribution in [2.24, 2.45) is 0 Å². The van der Waals surface area contributed by atoms with Crippen LogP contribution in [0, 0.1) is 0 Å². The Kier molecular flexibility index (Phi) is 2.19. The molecule has 2 aromatic heterocycles. The van der Waals surface area contributed by atoms with Crippen LogP contribution in [0.3, 0.4) is 0 Å². The molecule has 2 aromatic rings. The van der Waals surface area contributed by atoms with Crippen LogP contribution in [-0.2, 0) is 0 Å². The first-order valence-corrected chi connectivity index (χ1v) is 6.36. The number of nitrogens with one attached hydrogen (secondary N) is 1. The Morgan fingerprint density at radius 3 is 3.06 bits per heavy atom. The summed E-state index contributed by atoms with van der Waals surface area (Å²) in [5.74, 6) is 1.76. The van der Waals surface area contributed by atoms with Gasteiger partial charge in [-0.25, -0.2) is 4.68 Å². The zero-order chi connectivity index (χ0) is 11.9. The molecule has 1 aliphatic carbocycles.